The molecule has 0 bridgehead atoms. The molecule has 18 heavy (non-hydrogen) atoms. The molecular formula is C12H19N3O2S. The molecule has 5 nitrogen and oxygen atoms in total. The largest absolute Gasteiger partial charge is 0.315 e. The Labute approximate surface area is 108 Å². The second kappa shape index (κ2) is 5.77. The van der Waals surface area contributed by atoms with E-state index in [0.29, 0.717) is 5.69 Å². The summed E-state index contributed by atoms with van der Waals surface area (Å²) in [5.41, 5.74) is 0.591. The van der Waals surface area contributed by atoms with Crippen LogP contribution in [0, 0.1) is 0 Å². The number of nitrogens with one attached hydrogen (secondary N) is 1. The predicted octanol–water partition coefficient (Wildman–Crippen LogP) is 0.595. The summed E-state index contributed by atoms with van der Waals surface area (Å²) in [7, 11) is -1.62. The second-order valence-corrected chi connectivity index (χ2v) is 6.62. The molecule has 0 aromatic carbocycles. The Morgan fingerprint density at radius 1 is 1.50 bits per heavy atom. The lowest BCUT2D eigenvalue weighted by atomic mass is 10.1. The SMILES string of the molecule is CN([C@@H]1CCCNC1)S(=O)(=O)Cc1ccccn1. The van der Waals surface area contributed by atoms with Crippen LogP contribution in [-0.2, 0) is 15.8 Å². The Bertz CT molecular complexity index is 469. The van der Waals surface area contributed by atoms with Crippen LogP contribution in [0.2, 0.25) is 0 Å². The molecule has 100 valence electrons. The van der Waals surface area contributed by atoms with E-state index in [0.717, 1.165) is 25.9 Å². The van der Waals surface area contributed by atoms with E-state index in [-0.39, 0.29) is 11.8 Å². The highest BCUT2D eigenvalue weighted by Gasteiger charge is 2.27. The fourth-order valence-corrected chi connectivity index (χ4v) is 3.53. The van der Waals surface area contributed by atoms with Gasteiger partial charge in [-0.1, -0.05) is 6.07 Å². The first-order chi connectivity index (χ1) is 8.59. The van der Waals surface area contributed by atoms with Crippen LogP contribution in [0.3, 0.4) is 0 Å². The van der Waals surface area contributed by atoms with Crippen molar-refractivity contribution < 1.29 is 8.42 Å². The van der Waals surface area contributed by atoms with E-state index in [1.165, 1.54) is 4.31 Å². The lowest BCUT2D eigenvalue weighted by molar-refractivity contribution is 0.299. The monoisotopic (exact) mass is 269 g/mol. The van der Waals surface area contributed by atoms with Gasteiger partial charge in [0.05, 0.1) is 5.69 Å². The minimum Gasteiger partial charge on any atom is -0.315 e. The van der Waals surface area contributed by atoms with Gasteiger partial charge in [-0.3, -0.25) is 4.98 Å². The standard InChI is InChI=1S/C12H19N3O2S/c1-15(12-6-4-7-13-9-12)18(16,17)10-11-5-2-3-8-14-11/h2-3,5,8,12-13H,4,6-7,9-10H2,1H3/t12-/m1/s1. The van der Waals surface area contributed by atoms with Crippen molar-refractivity contribution in [2.75, 3.05) is 20.1 Å². The summed E-state index contributed by atoms with van der Waals surface area (Å²) < 4.78 is 26.0. The topological polar surface area (TPSA) is 62.3 Å². The molecule has 1 aromatic rings. The van der Waals surface area contributed by atoms with Crippen LogP contribution in [0.25, 0.3) is 0 Å². The maximum absolute atomic E-state index is 12.3. The van der Waals surface area contributed by atoms with E-state index >= 15 is 0 Å². The number of aromatic nitrogens is 1. The molecule has 1 saturated heterocycles. The number of pyridine rings is 1. The van der Waals surface area contributed by atoms with Gasteiger partial charge in [0.15, 0.2) is 0 Å². The van der Waals surface area contributed by atoms with Gasteiger partial charge in [0.1, 0.15) is 5.75 Å². The van der Waals surface area contributed by atoms with Gasteiger partial charge < -0.3 is 5.32 Å². The second-order valence-electron chi connectivity index (χ2n) is 4.59. The third kappa shape index (κ3) is 3.28. The number of rotatable bonds is 4. The van der Waals surface area contributed by atoms with Crippen LogP contribution < -0.4 is 5.32 Å². The van der Waals surface area contributed by atoms with Crippen LogP contribution in [0.15, 0.2) is 24.4 Å². The average molecular weight is 269 g/mol. The average Bonchev–Trinajstić information content (AvgIpc) is 2.39. The van der Waals surface area contributed by atoms with Crippen molar-refractivity contribution in [2.24, 2.45) is 0 Å². The molecule has 1 aromatic heterocycles. The Morgan fingerprint density at radius 3 is 2.94 bits per heavy atom. The van der Waals surface area contributed by atoms with E-state index < -0.39 is 10.0 Å². The van der Waals surface area contributed by atoms with Crippen molar-refractivity contribution in [2.45, 2.75) is 24.6 Å². The highest BCUT2D eigenvalue weighted by molar-refractivity contribution is 7.88. The van der Waals surface area contributed by atoms with Crippen LogP contribution in [0.5, 0.6) is 0 Å². The van der Waals surface area contributed by atoms with Crippen molar-refractivity contribution in [3.05, 3.63) is 30.1 Å². The lowest BCUT2D eigenvalue weighted by Crippen LogP contribution is -2.46. The highest BCUT2D eigenvalue weighted by atomic mass is 32.2. The first-order valence-electron chi connectivity index (χ1n) is 6.16. The molecule has 6 heteroatoms. The molecule has 1 aliphatic rings. The van der Waals surface area contributed by atoms with Crippen molar-refractivity contribution in [3.8, 4) is 0 Å². The maximum Gasteiger partial charge on any atom is 0.219 e. The van der Waals surface area contributed by atoms with E-state index in [4.69, 9.17) is 0 Å². The van der Waals surface area contributed by atoms with E-state index in [1.54, 1.807) is 31.4 Å². The van der Waals surface area contributed by atoms with E-state index in [9.17, 15) is 8.42 Å². The zero-order valence-electron chi connectivity index (χ0n) is 10.5. The number of piperidine rings is 1. The van der Waals surface area contributed by atoms with Gasteiger partial charge in [-0.05, 0) is 31.5 Å². The van der Waals surface area contributed by atoms with Gasteiger partial charge in [0.2, 0.25) is 10.0 Å². The third-order valence-electron chi connectivity index (χ3n) is 3.28. The number of sulfonamides is 1. The normalized spacial score (nSPS) is 21.1. The molecular weight excluding hydrogens is 250 g/mol. The zero-order chi connectivity index (χ0) is 13.0. The van der Waals surface area contributed by atoms with Crippen molar-refractivity contribution in [1.82, 2.24) is 14.6 Å². The summed E-state index contributed by atoms with van der Waals surface area (Å²) in [6.45, 7) is 1.71. The molecule has 2 rings (SSSR count). The zero-order valence-corrected chi connectivity index (χ0v) is 11.4. The van der Waals surface area contributed by atoms with Gasteiger partial charge in [0.25, 0.3) is 0 Å². The molecule has 0 aliphatic carbocycles. The fourth-order valence-electron chi connectivity index (χ4n) is 2.14. The Balaban J connectivity index is 2.05. The molecule has 1 N–H and O–H groups in total. The highest BCUT2D eigenvalue weighted by Crippen LogP contribution is 2.15. The first-order valence-corrected chi connectivity index (χ1v) is 7.77. The van der Waals surface area contributed by atoms with Crippen molar-refractivity contribution in [3.63, 3.8) is 0 Å². The van der Waals surface area contributed by atoms with Crippen LogP contribution in [-0.4, -0.2) is 43.9 Å². The quantitative estimate of drug-likeness (QED) is 0.869. The minimum absolute atomic E-state index is 0.0269. The molecule has 2 heterocycles. The molecule has 0 unspecified atom stereocenters. The Morgan fingerprint density at radius 2 is 2.33 bits per heavy atom. The number of likely N-dealkylation sites (N-methyl/N-ethyl adjacent to an activating group) is 1. The molecule has 0 amide bonds. The van der Waals surface area contributed by atoms with Gasteiger partial charge in [-0.25, -0.2) is 12.7 Å². The molecule has 1 fully saturated rings. The lowest BCUT2D eigenvalue weighted by Gasteiger charge is -2.30. The van der Waals surface area contributed by atoms with Gasteiger partial charge in [-0.15, -0.1) is 0 Å². The van der Waals surface area contributed by atoms with E-state index in [1.807, 2.05) is 0 Å². The first kappa shape index (κ1) is 13.5. The smallest absolute Gasteiger partial charge is 0.219 e. The van der Waals surface area contributed by atoms with Crippen molar-refractivity contribution in [1.29, 1.82) is 0 Å². The van der Waals surface area contributed by atoms with Gasteiger partial charge in [-0.2, -0.15) is 0 Å². The van der Waals surface area contributed by atoms with Crippen LogP contribution >= 0.6 is 0 Å². The molecule has 0 spiro atoms. The minimum atomic E-state index is -3.28. The molecule has 1 atom stereocenters. The number of nitrogens with zero attached hydrogens (tertiary/aromatic N) is 2. The predicted molar refractivity (Wildman–Crippen MR) is 70.5 cm³/mol. The summed E-state index contributed by atoms with van der Waals surface area (Å²) in [5, 5.41) is 3.23. The molecule has 1 aliphatic heterocycles. The fraction of sp³-hybridized carbons (Fsp3) is 0.583. The maximum atomic E-state index is 12.3. The Kier molecular flexibility index (Phi) is 4.31. The Hall–Kier alpha value is -0.980. The third-order valence-corrected chi connectivity index (χ3v) is 5.12. The van der Waals surface area contributed by atoms with Crippen LogP contribution in [0.4, 0.5) is 0 Å². The number of hydrogen-bond donors (Lipinski definition) is 1. The molecule has 0 saturated carbocycles. The summed E-state index contributed by atoms with van der Waals surface area (Å²) in [6.07, 6.45) is 3.56. The van der Waals surface area contributed by atoms with E-state index in [2.05, 4.69) is 10.3 Å². The van der Waals surface area contributed by atoms with Crippen LogP contribution in [0.1, 0.15) is 18.5 Å². The van der Waals surface area contributed by atoms with Gasteiger partial charge >= 0.3 is 0 Å². The summed E-state index contributed by atoms with van der Waals surface area (Å²) in [4.78, 5) is 4.07. The number of hydrogen-bond acceptors (Lipinski definition) is 4. The van der Waals surface area contributed by atoms with Crippen molar-refractivity contribution >= 4 is 10.0 Å². The van der Waals surface area contributed by atoms with Gasteiger partial charge in [0, 0.05) is 25.8 Å². The molecule has 0 radical (unpaired) electrons. The summed E-state index contributed by atoms with van der Waals surface area (Å²) in [5.74, 6) is -0.0269. The summed E-state index contributed by atoms with van der Waals surface area (Å²) >= 11 is 0. The summed E-state index contributed by atoms with van der Waals surface area (Å²) in [6, 6.07) is 5.39.